The lowest BCUT2D eigenvalue weighted by molar-refractivity contribution is -0.138. The molecule has 3 heterocycles. The summed E-state index contributed by atoms with van der Waals surface area (Å²) in [5.41, 5.74) is 15.1. The van der Waals surface area contributed by atoms with Crippen LogP contribution in [0.4, 0.5) is 23.0 Å². The maximum atomic E-state index is 11.5. The predicted molar refractivity (Wildman–Crippen MR) is 186 cm³/mol. The first-order chi connectivity index (χ1) is 24.3. The Hall–Kier alpha value is -7.23. The summed E-state index contributed by atoms with van der Waals surface area (Å²) in [6, 6.07) is 24.9. The van der Waals surface area contributed by atoms with E-state index in [1.807, 2.05) is 0 Å². The molecule has 0 atom stereocenters. The van der Waals surface area contributed by atoms with Crippen molar-refractivity contribution in [3.63, 3.8) is 0 Å². The summed E-state index contributed by atoms with van der Waals surface area (Å²) in [7, 11) is 0. The van der Waals surface area contributed by atoms with Gasteiger partial charge in [-0.25, -0.2) is 15.0 Å². The molecular formula is C35H31N7O9. The fourth-order valence-electron chi connectivity index (χ4n) is 5.00. The molecule has 3 aromatic heterocycles. The molecule has 0 saturated heterocycles. The Balaban J connectivity index is 1.59. The Labute approximate surface area is 289 Å². The van der Waals surface area contributed by atoms with E-state index in [-0.39, 0.29) is 23.0 Å². The summed E-state index contributed by atoms with van der Waals surface area (Å²) in [6.07, 6.45) is 0. The third-order valence-electron chi connectivity index (χ3n) is 7.25. The number of ether oxygens (including phenoxy) is 1. The van der Waals surface area contributed by atoms with Gasteiger partial charge in [0.2, 0.25) is 0 Å². The van der Waals surface area contributed by atoms with Crippen LogP contribution in [0, 0.1) is 0 Å². The van der Waals surface area contributed by atoms with Crippen LogP contribution < -0.4 is 26.0 Å². The number of pyridine rings is 3. The molecule has 0 aliphatic rings. The van der Waals surface area contributed by atoms with Gasteiger partial charge in [0.25, 0.3) is 0 Å². The number of anilines is 4. The van der Waals surface area contributed by atoms with E-state index < -0.39 is 50.1 Å². The molecule has 0 saturated carbocycles. The number of aromatic nitrogens is 3. The van der Waals surface area contributed by atoms with Gasteiger partial charge in [-0.3, -0.25) is 19.2 Å². The highest BCUT2D eigenvalue weighted by Gasteiger charge is 2.19. The van der Waals surface area contributed by atoms with Crippen molar-refractivity contribution in [2.75, 3.05) is 47.4 Å². The van der Waals surface area contributed by atoms with Crippen LogP contribution in [0.1, 0.15) is 0 Å². The Kier molecular flexibility index (Phi) is 10.5. The summed E-state index contributed by atoms with van der Waals surface area (Å²) in [4.78, 5) is 62.0. The highest BCUT2D eigenvalue weighted by molar-refractivity contribution is 5.81. The van der Waals surface area contributed by atoms with E-state index in [0.717, 1.165) is 9.80 Å². The van der Waals surface area contributed by atoms with Gasteiger partial charge in [-0.05, 0) is 71.8 Å². The minimum atomic E-state index is -1.25. The molecule has 260 valence electrons. The third kappa shape index (κ3) is 9.23. The Morgan fingerprint density at radius 3 is 1.39 bits per heavy atom. The minimum absolute atomic E-state index is 0.0916. The van der Waals surface area contributed by atoms with Gasteiger partial charge in [0.05, 0.1) is 34.2 Å². The quantitative estimate of drug-likeness (QED) is 0.0853. The number of nitrogens with zero attached hydrogens (tertiary/aromatic N) is 5. The lowest BCUT2D eigenvalue weighted by Crippen LogP contribution is -2.35. The maximum Gasteiger partial charge on any atom is 0.323 e. The van der Waals surface area contributed by atoms with Gasteiger partial charge in [-0.2, -0.15) is 0 Å². The van der Waals surface area contributed by atoms with Crippen LogP contribution in [0.3, 0.4) is 0 Å². The van der Waals surface area contributed by atoms with Crippen molar-refractivity contribution >= 4 is 46.9 Å². The normalized spacial score (nSPS) is 10.7. The van der Waals surface area contributed by atoms with E-state index in [9.17, 15) is 39.6 Å². The van der Waals surface area contributed by atoms with Gasteiger partial charge in [0, 0.05) is 6.07 Å². The summed E-state index contributed by atoms with van der Waals surface area (Å²) in [6.45, 7) is -2.45. The van der Waals surface area contributed by atoms with Crippen LogP contribution in [0.15, 0.2) is 91.0 Å². The molecular weight excluding hydrogens is 662 g/mol. The highest BCUT2D eigenvalue weighted by atomic mass is 16.5. The van der Waals surface area contributed by atoms with Gasteiger partial charge < -0.3 is 46.4 Å². The molecule has 0 aliphatic carbocycles. The number of carboxylic acids is 4. The number of nitrogens with two attached hydrogens (primary N) is 2. The van der Waals surface area contributed by atoms with Crippen molar-refractivity contribution in [3.05, 3.63) is 91.0 Å². The van der Waals surface area contributed by atoms with Crippen LogP contribution in [-0.2, 0) is 19.2 Å². The Bertz CT molecular complexity index is 1980. The molecule has 5 aromatic rings. The van der Waals surface area contributed by atoms with Gasteiger partial charge in [0.1, 0.15) is 49.3 Å². The predicted octanol–water partition coefficient (Wildman–Crippen LogP) is 3.78. The lowest BCUT2D eigenvalue weighted by atomic mass is 10.0. The largest absolute Gasteiger partial charge is 0.480 e. The van der Waals surface area contributed by atoms with Gasteiger partial charge >= 0.3 is 23.9 Å². The number of rotatable bonds is 15. The molecule has 0 aliphatic heterocycles. The van der Waals surface area contributed by atoms with Crippen LogP contribution in [0.5, 0.6) is 11.5 Å². The molecule has 0 amide bonds. The molecule has 5 rings (SSSR count). The molecule has 0 fully saturated rings. The van der Waals surface area contributed by atoms with Gasteiger partial charge in [0.15, 0.2) is 0 Å². The van der Waals surface area contributed by atoms with Crippen molar-refractivity contribution in [1.82, 2.24) is 15.0 Å². The lowest BCUT2D eigenvalue weighted by Gasteiger charge is -2.20. The number of hydrogen-bond acceptors (Lipinski definition) is 12. The monoisotopic (exact) mass is 693 g/mol. The second kappa shape index (κ2) is 15.3. The molecule has 51 heavy (non-hydrogen) atoms. The second-order valence-corrected chi connectivity index (χ2v) is 11.1. The van der Waals surface area contributed by atoms with E-state index in [1.165, 1.54) is 12.1 Å². The number of aliphatic carboxylic acids is 4. The molecule has 0 bridgehead atoms. The smallest absolute Gasteiger partial charge is 0.323 e. The zero-order chi connectivity index (χ0) is 36.7. The van der Waals surface area contributed by atoms with Gasteiger partial charge in [-0.1, -0.05) is 24.3 Å². The highest BCUT2D eigenvalue weighted by Crippen LogP contribution is 2.33. The fraction of sp³-hybridized carbons (Fsp3) is 0.114. The van der Waals surface area contributed by atoms with Crippen molar-refractivity contribution in [2.45, 2.75) is 0 Å². The van der Waals surface area contributed by atoms with Crippen LogP contribution in [0.25, 0.3) is 33.9 Å². The minimum Gasteiger partial charge on any atom is -0.480 e. The fourth-order valence-corrected chi connectivity index (χ4v) is 5.00. The van der Waals surface area contributed by atoms with Crippen molar-refractivity contribution in [3.8, 4) is 45.4 Å². The molecule has 0 radical (unpaired) electrons. The Morgan fingerprint density at radius 2 is 0.961 bits per heavy atom. The summed E-state index contributed by atoms with van der Waals surface area (Å²) in [5.74, 6) is -3.81. The molecule has 8 N–H and O–H groups in total. The summed E-state index contributed by atoms with van der Waals surface area (Å²) >= 11 is 0. The zero-order valence-electron chi connectivity index (χ0n) is 26.7. The molecule has 2 aromatic carbocycles. The number of carboxylic acid groups (broad SMARTS) is 4. The van der Waals surface area contributed by atoms with E-state index in [2.05, 4.69) is 9.97 Å². The average Bonchev–Trinajstić information content (AvgIpc) is 3.09. The van der Waals surface area contributed by atoms with E-state index in [4.69, 9.17) is 21.2 Å². The Morgan fingerprint density at radius 1 is 0.510 bits per heavy atom. The average molecular weight is 694 g/mol. The van der Waals surface area contributed by atoms with E-state index in [1.54, 1.807) is 78.9 Å². The number of carbonyl (C=O) groups is 4. The molecule has 16 heteroatoms. The summed E-state index contributed by atoms with van der Waals surface area (Å²) < 4.78 is 5.93. The third-order valence-corrected chi connectivity index (χ3v) is 7.25. The number of benzene rings is 2. The van der Waals surface area contributed by atoms with Crippen LogP contribution in [0.2, 0.25) is 0 Å². The summed E-state index contributed by atoms with van der Waals surface area (Å²) in [5, 5.41) is 37.5. The first-order valence-corrected chi connectivity index (χ1v) is 15.1. The van der Waals surface area contributed by atoms with Crippen LogP contribution >= 0.6 is 0 Å². The zero-order valence-corrected chi connectivity index (χ0v) is 26.7. The SMILES string of the molecule is Nc1ccc(Oc2ccc(-c3cc(-c4cccc(N(CC(=O)O)CC(=O)O)n4)nc(-c4cccc(N(CC(=O)O)CC(=O)O)n4)c3)cc2)cc1N. The van der Waals surface area contributed by atoms with E-state index >= 15 is 0 Å². The molecule has 0 unspecified atom stereocenters. The standard InChI is InChI=1S/C35H31N7O9/c36-24-12-11-23(15-25(24)37)51-22-9-7-20(8-10-22)21-13-28(26-3-1-5-30(39-26)41(16-32(43)44)17-33(45)46)38-29(14-21)27-4-2-6-31(40-27)42(18-34(47)48)19-35(49)50/h1-15H,16-19,36-37H2,(H,43,44)(H,45,46)(H,47,48)(H,49,50). The number of nitrogen functional groups attached to an aromatic ring is 2. The molecule has 16 nitrogen and oxygen atoms in total. The topological polar surface area (TPSA) is 256 Å². The van der Waals surface area contributed by atoms with E-state index in [0.29, 0.717) is 45.4 Å². The van der Waals surface area contributed by atoms with Crippen molar-refractivity contribution < 1.29 is 44.3 Å². The first kappa shape index (κ1) is 35.1. The first-order valence-electron chi connectivity index (χ1n) is 15.1. The van der Waals surface area contributed by atoms with Crippen molar-refractivity contribution in [2.24, 2.45) is 0 Å². The van der Waals surface area contributed by atoms with Gasteiger partial charge in [-0.15, -0.1) is 0 Å². The van der Waals surface area contributed by atoms with Crippen molar-refractivity contribution in [1.29, 1.82) is 0 Å². The molecule has 0 spiro atoms. The number of hydrogen-bond donors (Lipinski definition) is 6. The van der Waals surface area contributed by atoms with Crippen LogP contribution in [-0.4, -0.2) is 85.4 Å². The maximum absolute atomic E-state index is 11.5. The second-order valence-electron chi connectivity index (χ2n) is 11.1.